The fraction of sp³-hybridized carbons (Fsp3) is 1.00. The lowest BCUT2D eigenvalue weighted by Gasteiger charge is -2.30. The molecule has 1 fully saturated rings. The molecule has 1 heteroatoms. The average molecular weight is 225 g/mol. The quantitative estimate of drug-likeness (QED) is 0.708. The molecule has 1 aliphatic carbocycles. The summed E-state index contributed by atoms with van der Waals surface area (Å²) in [4.78, 5) is 0. The fourth-order valence-corrected chi connectivity index (χ4v) is 2.90. The Bertz CT molecular complexity index is 176. The largest absolute Gasteiger partial charge is 0.311 e. The molecule has 3 unspecified atom stereocenters. The molecule has 1 aliphatic rings. The van der Waals surface area contributed by atoms with Crippen molar-refractivity contribution in [1.82, 2.24) is 5.32 Å². The van der Waals surface area contributed by atoms with E-state index in [0.717, 1.165) is 17.9 Å². The second-order valence-corrected chi connectivity index (χ2v) is 6.36. The van der Waals surface area contributed by atoms with E-state index in [0.29, 0.717) is 6.04 Å². The van der Waals surface area contributed by atoms with E-state index < -0.39 is 0 Å². The van der Waals surface area contributed by atoms with Crippen LogP contribution in [0.1, 0.15) is 72.6 Å². The highest BCUT2D eigenvalue weighted by molar-refractivity contribution is 4.78. The van der Waals surface area contributed by atoms with Crippen molar-refractivity contribution in [3.8, 4) is 0 Å². The van der Waals surface area contributed by atoms with Crippen LogP contribution >= 0.6 is 0 Å². The zero-order valence-corrected chi connectivity index (χ0v) is 11.8. The fourth-order valence-electron chi connectivity index (χ4n) is 2.90. The molecule has 0 amide bonds. The second kappa shape index (κ2) is 7.32. The molecule has 3 atom stereocenters. The van der Waals surface area contributed by atoms with Gasteiger partial charge in [-0.25, -0.2) is 0 Å². The second-order valence-electron chi connectivity index (χ2n) is 6.36. The van der Waals surface area contributed by atoms with Gasteiger partial charge >= 0.3 is 0 Å². The van der Waals surface area contributed by atoms with E-state index in [4.69, 9.17) is 0 Å². The van der Waals surface area contributed by atoms with Crippen LogP contribution in [0.4, 0.5) is 0 Å². The number of nitrogens with one attached hydrogen (secondary N) is 1. The predicted molar refractivity (Wildman–Crippen MR) is 72.7 cm³/mol. The first-order valence-corrected chi connectivity index (χ1v) is 7.34. The summed E-state index contributed by atoms with van der Waals surface area (Å²) in [5.74, 6) is 1.80. The Kier molecular flexibility index (Phi) is 6.41. The molecule has 0 radical (unpaired) electrons. The molecule has 0 aromatic carbocycles. The minimum atomic E-state index is 0.717. The molecule has 0 spiro atoms. The minimum absolute atomic E-state index is 0.717. The zero-order chi connectivity index (χ0) is 12.0. The number of hydrogen-bond acceptors (Lipinski definition) is 1. The number of rotatable bonds is 6. The normalized spacial score (nSPS) is 28.3. The summed E-state index contributed by atoms with van der Waals surface area (Å²) in [7, 11) is 0. The zero-order valence-electron chi connectivity index (χ0n) is 11.8. The van der Waals surface area contributed by atoms with Gasteiger partial charge in [0, 0.05) is 12.1 Å². The molecule has 0 aliphatic heterocycles. The van der Waals surface area contributed by atoms with Gasteiger partial charge in [-0.2, -0.15) is 0 Å². The summed E-state index contributed by atoms with van der Waals surface area (Å²) >= 11 is 0. The predicted octanol–water partition coefficient (Wildman–Crippen LogP) is 4.37. The van der Waals surface area contributed by atoms with Crippen molar-refractivity contribution in [2.75, 3.05) is 0 Å². The minimum Gasteiger partial charge on any atom is -0.311 e. The van der Waals surface area contributed by atoms with Crippen molar-refractivity contribution in [2.24, 2.45) is 11.8 Å². The van der Waals surface area contributed by atoms with Gasteiger partial charge in [-0.3, -0.25) is 0 Å². The van der Waals surface area contributed by atoms with Gasteiger partial charge in [0.05, 0.1) is 0 Å². The average Bonchev–Trinajstić information content (AvgIpc) is 2.16. The Morgan fingerprint density at radius 3 is 2.50 bits per heavy atom. The van der Waals surface area contributed by atoms with Crippen LogP contribution in [0.3, 0.4) is 0 Å². The van der Waals surface area contributed by atoms with Gasteiger partial charge in [0.1, 0.15) is 0 Å². The highest BCUT2D eigenvalue weighted by Crippen LogP contribution is 2.24. The summed E-state index contributed by atoms with van der Waals surface area (Å²) in [6.07, 6.45) is 9.79. The number of hydrogen-bond donors (Lipinski definition) is 1. The van der Waals surface area contributed by atoms with Crippen LogP contribution in [0.2, 0.25) is 0 Å². The van der Waals surface area contributed by atoms with Crippen molar-refractivity contribution < 1.29 is 0 Å². The molecule has 1 saturated carbocycles. The van der Waals surface area contributed by atoms with E-state index in [2.05, 4.69) is 33.0 Å². The van der Waals surface area contributed by atoms with Crippen LogP contribution in [0.25, 0.3) is 0 Å². The Labute approximate surface area is 102 Å². The van der Waals surface area contributed by atoms with E-state index in [1.807, 2.05) is 0 Å². The van der Waals surface area contributed by atoms with Gasteiger partial charge in [0.2, 0.25) is 0 Å². The molecule has 1 N–H and O–H groups in total. The molecular weight excluding hydrogens is 194 g/mol. The first kappa shape index (κ1) is 14.0. The molecule has 16 heavy (non-hydrogen) atoms. The van der Waals surface area contributed by atoms with E-state index in [9.17, 15) is 0 Å². The van der Waals surface area contributed by atoms with Gasteiger partial charge in [-0.1, -0.05) is 46.5 Å². The smallest absolute Gasteiger partial charge is 0.00720 e. The van der Waals surface area contributed by atoms with E-state index in [1.54, 1.807) is 0 Å². The molecule has 1 rings (SSSR count). The van der Waals surface area contributed by atoms with Crippen molar-refractivity contribution in [3.05, 3.63) is 0 Å². The lowest BCUT2D eigenvalue weighted by molar-refractivity contribution is 0.277. The van der Waals surface area contributed by atoms with Gasteiger partial charge < -0.3 is 5.32 Å². The molecular formula is C15H31N. The van der Waals surface area contributed by atoms with Gasteiger partial charge in [-0.15, -0.1) is 0 Å². The third-order valence-corrected chi connectivity index (χ3v) is 3.88. The lowest BCUT2D eigenvalue weighted by Crippen LogP contribution is -2.39. The molecule has 96 valence electrons. The molecule has 1 nitrogen and oxygen atoms in total. The van der Waals surface area contributed by atoms with Crippen molar-refractivity contribution in [2.45, 2.75) is 84.7 Å². The standard InChI is InChI=1S/C15H31N/c1-12(2)7-5-9-14(4)16-15-10-6-8-13(3)11-15/h12-16H,5-11H2,1-4H3. The summed E-state index contributed by atoms with van der Waals surface area (Å²) in [6, 6.07) is 1.52. The Morgan fingerprint density at radius 2 is 1.88 bits per heavy atom. The van der Waals surface area contributed by atoms with E-state index >= 15 is 0 Å². The molecule has 0 saturated heterocycles. The molecule has 0 aromatic rings. The monoisotopic (exact) mass is 225 g/mol. The lowest BCUT2D eigenvalue weighted by atomic mass is 9.86. The molecule has 0 bridgehead atoms. The highest BCUT2D eigenvalue weighted by atomic mass is 14.9. The summed E-state index contributed by atoms with van der Waals surface area (Å²) < 4.78 is 0. The SMILES string of the molecule is CC(C)CCCC(C)NC1CCCC(C)C1. The first-order valence-electron chi connectivity index (χ1n) is 7.34. The maximum absolute atomic E-state index is 3.82. The van der Waals surface area contributed by atoms with Crippen molar-refractivity contribution in [3.63, 3.8) is 0 Å². The molecule has 0 heterocycles. The Morgan fingerprint density at radius 1 is 1.12 bits per heavy atom. The van der Waals surface area contributed by atoms with Crippen molar-refractivity contribution in [1.29, 1.82) is 0 Å². The van der Waals surface area contributed by atoms with E-state index in [1.165, 1.54) is 44.9 Å². The third kappa shape index (κ3) is 5.89. The summed E-state index contributed by atoms with van der Waals surface area (Å²) in [5, 5.41) is 3.82. The van der Waals surface area contributed by atoms with Crippen molar-refractivity contribution >= 4 is 0 Å². The third-order valence-electron chi connectivity index (χ3n) is 3.88. The van der Waals surface area contributed by atoms with Crippen LogP contribution in [0.15, 0.2) is 0 Å². The summed E-state index contributed by atoms with van der Waals surface area (Å²) in [5.41, 5.74) is 0. The topological polar surface area (TPSA) is 12.0 Å². The van der Waals surface area contributed by atoms with Gasteiger partial charge in [-0.05, 0) is 38.0 Å². The van der Waals surface area contributed by atoms with Crippen LogP contribution < -0.4 is 5.32 Å². The Balaban J connectivity index is 2.10. The van der Waals surface area contributed by atoms with E-state index in [-0.39, 0.29) is 0 Å². The highest BCUT2D eigenvalue weighted by Gasteiger charge is 2.19. The maximum atomic E-state index is 3.82. The maximum Gasteiger partial charge on any atom is 0.00720 e. The Hall–Kier alpha value is -0.0400. The van der Waals surface area contributed by atoms with Crippen LogP contribution in [0.5, 0.6) is 0 Å². The van der Waals surface area contributed by atoms with Crippen LogP contribution in [0, 0.1) is 11.8 Å². The first-order chi connectivity index (χ1) is 7.58. The summed E-state index contributed by atoms with van der Waals surface area (Å²) in [6.45, 7) is 9.40. The van der Waals surface area contributed by atoms with Gasteiger partial charge in [0.25, 0.3) is 0 Å². The van der Waals surface area contributed by atoms with Crippen LogP contribution in [-0.2, 0) is 0 Å². The van der Waals surface area contributed by atoms with Crippen LogP contribution in [-0.4, -0.2) is 12.1 Å². The molecule has 0 aromatic heterocycles. The van der Waals surface area contributed by atoms with Gasteiger partial charge in [0.15, 0.2) is 0 Å².